The van der Waals surface area contributed by atoms with Gasteiger partial charge in [0.15, 0.2) is 0 Å². The Balaban J connectivity index is 2.34. The molecule has 0 heterocycles. The molecule has 100 valence electrons. The molecule has 0 radical (unpaired) electrons. The Morgan fingerprint density at radius 2 is 2.17 bits per heavy atom. The fraction of sp³-hybridized carbons (Fsp3) is 0.417. The molecule has 18 heavy (non-hydrogen) atoms. The minimum absolute atomic E-state index is 0.0102. The van der Waals surface area contributed by atoms with Crippen LogP contribution in [0, 0.1) is 12.7 Å². The summed E-state index contributed by atoms with van der Waals surface area (Å²) in [6.07, 6.45) is -2.51. The van der Waals surface area contributed by atoms with Crippen LogP contribution in [0.3, 0.4) is 0 Å². The number of hydrogen-bond acceptors (Lipinski definition) is 2. The highest BCUT2D eigenvalue weighted by Crippen LogP contribution is 2.08. The molecule has 0 unspecified atom stereocenters. The molecule has 0 aliphatic rings. The van der Waals surface area contributed by atoms with Crippen LogP contribution in [0.4, 0.5) is 13.2 Å². The molecule has 0 atom stereocenters. The van der Waals surface area contributed by atoms with Crippen molar-refractivity contribution >= 4 is 5.91 Å². The molecule has 1 amide bonds. The number of aryl methyl sites for hydroxylation is 1. The minimum atomic E-state index is -2.51. The number of nitrogens with one attached hydrogen (secondary N) is 1. The molecular formula is C12H14F3NO2. The first-order chi connectivity index (χ1) is 8.50. The van der Waals surface area contributed by atoms with E-state index in [1.165, 1.54) is 18.2 Å². The zero-order valence-corrected chi connectivity index (χ0v) is 9.88. The first kappa shape index (κ1) is 14.5. The van der Waals surface area contributed by atoms with Gasteiger partial charge in [0.2, 0.25) is 0 Å². The summed E-state index contributed by atoms with van der Waals surface area (Å²) in [7, 11) is 0. The summed E-state index contributed by atoms with van der Waals surface area (Å²) in [5.74, 6) is -0.773. The summed E-state index contributed by atoms with van der Waals surface area (Å²) in [6.45, 7) is 1.04. The lowest BCUT2D eigenvalue weighted by atomic mass is 10.1. The topological polar surface area (TPSA) is 38.3 Å². The van der Waals surface area contributed by atoms with Crippen LogP contribution in [0.1, 0.15) is 15.9 Å². The third kappa shape index (κ3) is 4.75. The Kier molecular flexibility index (Phi) is 5.64. The Hall–Kier alpha value is -1.56. The van der Waals surface area contributed by atoms with Gasteiger partial charge in [0.05, 0.1) is 6.61 Å². The maximum atomic E-state index is 13.0. The normalized spacial score (nSPS) is 10.7. The molecule has 0 aromatic heterocycles. The summed E-state index contributed by atoms with van der Waals surface area (Å²) >= 11 is 0. The van der Waals surface area contributed by atoms with Crippen LogP contribution in [0.25, 0.3) is 0 Å². The van der Waals surface area contributed by atoms with Gasteiger partial charge in [0.1, 0.15) is 12.4 Å². The highest BCUT2D eigenvalue weighted by atomic mass is 19.3. The van der Waals surface area contributed by atoms with Crippen molar-refractivity contribution in [2.75, 3.05) is 19.8 Å². The third-order valence-electron chi connectivity index (χ3n) is 2.20. The maximum absolute atomic E-state index is 13.0. The average Bonchev–Trinajstić information content (AvgIpc) is 2.31. The van der Waals surface area contributed by atoms with Crippen LogP contribution in [0.2, 0.25) is 0 Å². The van der Waals surface area contributed by atoms with E-state index in [0.29, 0.717) is 11.1 Å². The molecule has 3 nitrogen and oxygen atoms in total. The van der Waals surface area contributed by atoms with Crippen molar-refractivity contribution in [3.8, 4) is 0 Å². The number of hydrogen-bond donors (Lipinski definition) is 1. The molecule has 6 heteroatoms. The Morgan fingerprint density at radius 1 is 1.44 bits per heavy atom. The number of alkyl halides is 2. The number of rotatable bonds is 6. The van der Waals surface area contributed by atoms with E-state index in [1.807, 2.05) is 0 Å². The Morgan fingerprint density at radius 3 is 2.78 bits per heavy atom. The van der Waals surface area contributed by atoms with Gasteiger partial charge in [-0.05, 0) is 30.7 Å². The second-order valence-corrected chi connectivity index (χ2v) is 3.69. The first-order valence-electron chi connectivity index (χ1n) is 5.41. The van der Waals surface area contributed by atoms with E-state index < -0.39 is 18.9 Å². The van der Waals surface area contributed by atoms with Crippen LogP contribution in [0.5, 0.6) is 0 Å². The lowest BCUT2D eigenvalue weighted by Gasteiger charge is -2.07. The van der Waals surface area contributed by atoms with E-state index in [2.05, 4.69) is 10.1 Å². The predicted octanol–water partition coefficient (Wildman–Crippen LogP) is 2.15. The predicted molar refractivity (Wildman–Crippen MR) is 60.3 cm³/mol. The maximum Gasteiger partial charge on any atom is 0.261 e. The smallest absolute Gasteiger partial charge is 0.261 e. The third-order valence-corrected chi connectivity index (χ3v) is 2.20. The number of amides is 1. The quantitative estimate of drug-likeness (QED) is 0.797. The van der Waals surface area contributed by atoms with Crippen LogP contribution >= 0.6 is 0 Å². The number of benzene rings is 1. The number of ether oxygens (including phenoxy) is 1. The molecule has 0 saturated carbocycles. The van der Waals surface area contributed by atoms with Crippen LogP contribution in [-0.4, -0.2) is 32.1 Å². The number of carbonyl (C=O) groups excluding carboxylic acids is 1. The van der Waals surface area contributed by atoms with E-state index in [9.17, 15) is 18.0 Å². The summed E-state index contributed by atoms with van der Waals surface area (Å²) in [4.78, 5) is 11.6. The summed E-state index contributed by atoms with van der Waals surface area (Å²) in [6, 6.07) is 3.99. The molecule has 0 fully saturated rings. The van der Waals surface area contributed by atoms with Crippen molar-refractivity contribution in [1.29, 1.82) is 0 Å². The van der Waals surface area contributed by atoms with Gasteiger partial charge < -0.3 is 10.1 Å². The zero-order valence-electron chi connectivity index (χ0n) is 9.88. The molecule has 0 saturated heterocycles. The standard InChI is InChI=1S/C12H14F3NO2/c1-8-6-9(2-3-10(8)13)12(17)16-4-5-18-7-11(14)15/h2-3,6,11H,4-5,7H2,1H3,(H,16,17). The van der Waals surface area contributed by atoms with Gasteiger partial charge in [-0.3, -0.25) is 4.79 Å². The van der Waals surface area contributed by atoms with Crippen molar-refractivity contribution in [3.05, 3.63) is 35.1 Å². The van der Waals surface area contributed by atoms with Crippen molar-refractivity contribution in [2.24, 2.45) is 0 Å². The lowest BCUT2D eigenvalue weighted by Crippen LogP contribution is -2.27. The van der Waals surface area contributed by atoms with Crippen molar-refractivity contribution < 1.29 is 22.7 Å². The largest absolute Gasteiger partial charge is 0.374 e. The fourth-order valence-corrected chi connectivity index (χ4v) is 1.30. The van der Waals surface area contributed by atoms with Crippen LogP contribution in [0.15, 0.2) is 18.2 Å². The van der Waals surface area contributed by atoms with Crippen LogP contribution < -0.4 is 5.32 Å². The fourth-order valence-electron chi connectivity index (χ4n) is 1.30. The highest BCUT2D eigenvalue weighted by Gasteiger charge is 2.07. The number of carbonyl (C=O) groups is 1. The van der Waals surface area contributed by atoms with Gasteiger partial charge in [-0.25, -0.2) is 13.2 Å². The van der Waals surface area contributed by atoms with Crippen molar-refractivity contribution in [1.82, 2.24) is 5.32 Å². The molecule has 0 aliphatic heterocycles. The molecule has 1 aromatic rings. The van der Waals surface area contributed by atoms with E-state index in [1.54, 1.807) is 6.92 Å². The van der Waals surface area contributed by atoms with Gasteiger partial charge in [-0.1, -0.05) is 0 Å². The molecule has 0 spiro atoms. The van der Waals surface area contributed by atoms with E-state index in [0.717, 1.165) is 0 Å². The summed E-state index contributed by atoms with van der Waals surface area (Å²) < 4.78 is 41.0. The number of halogens is 3. The van der Waals surface area contributed by atoms with Crippen molar-refractivity contribution in [2.45, 2.75) is 13.3 Å². The van der Waals surface area contributed by atoms with Gasteiger partial charge in [-0.15, -0.1) is 0 Å². The first-order valence-corrected chi connectivity index (χ1v) is 5.41. The van der Waals surface area contributed by atoms with E-state index in [4.69, 9.17) is 0 Å². The van der Waals surface area contributed by atoms with E-state index in [-0.39, 0.29) is 19.0 Å². The average molecular weight is 261 g/mol. The molecule has 0 aliphatic carbocycles. The molecule has 1 aromatic carbocycles. The highest BCUT2D eigenvalue weighted by molar-refractivity contribution is 5.94. The second-order valence-electron chi connectivity index (χ2n) is 3.69. The molecule has 1 rings (SSSR count). The molecule has 1 N–H and O–H groups in total. The van der Waals surface area contributed by atoms with Crippen LogP contribution in [-0.2, 0) is 4.74 Å². The van der Waals surface area contributed by atoms with E-state index >= 15 is 0 Å². The zero-order chi connectivity index (χ0) is 13.5. The lowest BCUT2D eigenvalue weighted by molar-refractivity contribution is 0.0188. The Bertz CT molecular complexity index is 410. The van der Waals surface area contributed by atoms with Gasteiger partial charge >= 0.3 is 0 Å². The second kappa shape index (κ2) is 7.00. The molecule has 0 bridgehead atoms. The summed E-state index contributed by atoms with van der Waals surface area (Å²) in [5.41, 5.74) is 0.694. The molecular weight excluding hydrogens is 247 g/mol. The minimum Gasteiger partial charge on any atom is -0.374 e. The van der Waals surface area contributed by atoms with Crippen molar-refractivity contribution in [3.63, 3.8) is 0 Å². The monoisotopic (exact) mass is 261 g/mol. The van der Waals surface area contributed by atoms with Gasteiger partial charge in [0, 0.05) is 12.1 Å². The van der Waals surface area contributed by atoms with Gasteiger partial charge in [-0.2, -0.15) is 0 Å². The summed E-state index contributed by atoms with van der Waals surface area (Å²) in [5, 5.41) is 2.49. The van der Waals surface area contributed by atoms with Gasteiger partial charge in [0.25, 0.3) is 12.3 Å². The SMILES string of the molecule is Cc1cc(C(=O)NCCOCC(F)F)ccc1F. The Labute approximate surface area is 103 Å².